The molecule has 10 heteroatoms. The highest BCUT2D eigenvalue weighted by Crippen LogP contribution is 2.30. The van der Waals surface area contributed by atoms with Gasteiger partial charge in [0.2, 0.25) is 0 Å². The molecule has 1 saturated heterocycles. The zero-order valence-electron chi connectivity index (χ0n) is 11.4. The first-order valence-electron chi connectivity index (χ1n) is 6.54. The molecule has 0 aliphatic carbocycles. The maximum absolute atomic E-state index is 12.4. The molecule has 0 radical (unpaired) electrons. The van der Waals surface area contributed by atoms with E-state index in [-0.39, 0.29) is 24.5 Å². The third-order valence-corrected chi connectivity index (χ3v) is 4.19. The number of nitrogens with zero attached hydrogens (tertiary/aromatic N) is 2. The van der Waals surface area contributed by atoms with Gasteiger partial charge in [0.05, 0.1) is 10.9 Å². The van der Waals surface area contributed by atoms with Crippen molar-refractivity contribution in [2.45, 2.75) is 19.0 Å². The summed E-state index contributed by atoms with van der Waals surface area (Å²) in [5.74, 6) is -1.49. The summed E-state index contributed by atoms with van der Waals surface area (Å²) in [7, 11) is 0. The summed E-state index contributed by atoms with van der Waals surface area (Å²) in [5.41, 5.74) is -0.928. The zero-order chi connectivity index (χ0) is 16.3. The third-order valence-electron chi connectivity index (χ3n) is 3.28. The number of amides is 2. The first-order chi connectivity index (χ1) is 10.3. The molecule has 2 amide bonds. The highest BCUT2D eigenvalue weighted by Gasteiger charge is 2.33. The van der Waals surface area contributed by atoms with Crippen LogP contribution < -0.4 is 5.32 Å². The van der Waals surface area contributed by atoms with Crippen LogP contribution in [-0.4, -0.2) is 46.6 Å². The van der Waals surface area contributed by atoms with Crippen molar-refractivity contribution in [3.8, 4) is 0 Å². The lowest BCUT2D eigenvalue weighted by atomic mass is 10.1. The van der Waals surface area contributed by atoms with Crippen molar-refractivity contribution in [2.75, 3.05) is 19.6 Å². The Morgan fingerprint density at radius 3 is 2.77 bits per heavy atom. The van der Waals surface area contributed by atoms with Crippen LogP contribution in [0.2, 0.25) is 0 Å². The van der Waals surface area contributed by atoms with Crippen LogP contribution in [0.25, 0.3) is 0 Å². The summed E-state index contributed by atoms with van der Waals surface area (Å²) < 4.78 is 37.1. The lowest BCUT2D eigenvalue weighted by Crippen LogP contribution is -2.39. The minimum absolute atomic E-state index is 0.149. The SMILES string of the molecule is O=C(O)C1CCN(C(=O)NCCc2nc(C(F)(F)F)cs2)C1. The molecule has 1 aliphatic heterocycles. The van der Waals surface area contributed by atoms with Gasteiger partial charge < -0.3 is 15.3 Å². The van der Waals surface area contributed by atoms with Crippen LogP contribution in [0, 0.1) is 5.92 Å². The maximum Gasteiger partial charge on any atom is 0.434 e. The molecule has 0 aromatic carbocycles. The summed E-state index contributed by atoms with van der Waals surface area (Å²) in [5, 5.41) is 12.6. The van der Waals surface area contributed by atoms with Crippen LogP contribution in [0.15, 0.2) is 5.38 Å². The number of thiazole rings is 1. The summed E-state index contributed by atoms with van der Waals surface area (Å²) >= 11 is 0.891. The van der Waals surface area contributed by atoms with Gasteiger partial charge in [0.25, 0.3) is 0 Å². The Balaban J connectivity index is 1.76. The molecule has 6 nitrogen and oxygen atoms in total. The molecule has 2 rings (SSSR count). The summed E-state index contributed by atoms with van der Waals surface area (Å²) in [6.07, 6.45) is -3.85. The number of hydrogen-bond acceptors (Lipinski definition) is 4. The van der Waals surface area contributed by atoms with Gasteiger partial charge in [0, 0.05) is 31.4 Å². The number of carboxylic acids is 1. The standard InChI is InChI=1S/C12H14F3N3O3S/c13-12(14,15)8-6-22-9(17-8)1-3-16-11(21)18-4-2-7(5-18)10(19)20/h6-7H,1-5H2,(H,16,21)(H,19,20). The number of halogens is 3. The number of aliphatic carboxylic acids is 1. The van der Waals surface area contributed by atoms with Crippen molar-refractivity contribution >= 4 is 23.3 Å². The van der Waals surface area contributed by atoms with Gasteiger partial charge in [0.1, 0.15) is 0 Å². The molecule has 1 atom stereocenters. The molecule has 1 fully saturated rings. The molecule has 122 valence electrons. The molecule has 1 unspecified atom stereocenters. The molecule has 0 saturated carbocycles. The number of rotatable bonds is 4. The van der Waals surface area contributed by atoms with Gasteiger partial charge in [0.15, 0.2) is 5.69 Å². The largest absolute Gasteiger partial charge is 0.481 e. The highest BCUT2D eigenvalue weighted by molar-refractivity contribution is 7.09. The average Bonchev–Trinajstić information content (AvgIpc) is 3.07. The number of alkyl halides is 3. The molecule has 22 heavy (non-hydrogen) atoms. The van der Waals surface area contributed by atoms with E-state index in [2.05, 4.69) is 10.3 Å². The fraction of sp³-hybridized carbons (Fsp3) is 0.583. The second kappa shape index (κ2) is 6.51. The lowest BCUT2D eigenvalue weighted by Gasteiger charge is -2.16. The van der Waals surface area contributed by atoms with E-state index in [0.717, 1.165) is 16.7 Å². The number of likely N-dealkylation sites (tertiary alicyclic amines) is 1. The van der Waals surface area contributed by atoms with Gasteiger partial charge in [-0.15, -0.1) is 11.3 Å². The average molecular weight is 337 g/mol. The number of carbonyl (C=O) groups is 2. The Hall–Kier alpha value is -1.84. The van der Waals surface area contributed by atoms with Crippen LogP contribution in [0.4, 0.5) is 18.0 Å². The van der Waals surface area contributed by atoms with Crippen molar-refractivity contribution in [1.29, 1.82) is 0 Å². The van der Waals surface area contributed by atoms with E-state index in [1.165, 1.54) is 4.90 Å². The Bertz CT molecular complexity index is 561. The minimum Gasteiger partial charge on any atom is -0.481 e. The molecule has 1 aliphatic rings. The quantitative estimate of drug-likeness (QED) is 0.878. The molecular formula is C12H14F3N3O3S. The predicted octanol–water partition coefficient (Wildman–Crippen LogP) is 1.82. The Labute approximate surface area is 127 Å². The van der Waals surface area contributed by atoms with E-state index in [0.29, 0.717) is 13.0 Å². The van der Waals surface area contributed by atoms with Gasteiger partial charge in [-0.2, -0.15) is 13.2 Å². The Morgan fingerprint density at radius 1 is 1.50 bits per heavy atom. The van der Waals surface area contributed by atoms with Gasteiger partial charge >= 0.3 is 18.2 Å². The van der Waals surface area contributed by atoms with Gasteiger partial charge in [-0.25, -0.2) is 9.78 Å². The van der Waals surface area contributed by atoms with Crippen LogP contribution in [0.3, 0.4) is 0 Å². The van der Waals surface area contributed by atoms with E-state index in [1.54, 1.807) is 0 Å². The molecule has 2 heterocycles. The van der Waals surface area contributed by atoms with Crippen molar-refractivity contribution in [2.24, 2.45) is 5.92 Å². The van der Waals surface area contributed by atoms with Crippen LogP contribution in [-0.2, 0) is 17.4 Å². The van der Waals surface area contributed by atoms with E-state index in [4.69, 9.17) is 5.11 Å². The normalized spacial score (nSPS) is 18.5. The second-order valence-electron chi connectivity index (χ2n) is 4.88. The minimum atomic E-state index is -4.46. The lowest BCUT2D eigenvalue weighted by molar-refractivity contribution is -0.141. The molecule has 1 aromatic heterocycles. The molecular weight excluding hydrogens is 323 g/mol. The highest BCUT2D eigenvalue weighted by atomic mass is 32.1. The molecule has 2 N–H and O–H groups in total. The second-order valence-corrected chi connectivity index (χ2v) is 5.82. The predicted molar refractivity (Wildman–Crippen MR) is 71.5 cm³/mol. The maximum atomic E-state index is 12.4. The van der Waals surface area contributed by atoms with Gasteiger partial charge in [-0.05, 0) is 6.42 Å². The first-order valence-corrected chi connectivity index (χ1v) is 7.42. The fourth-order valence-corrected chi connectivity index (χ4v) is 2.90. The van der Waals surface area contributed by atoms with E-state index in [9.17, 15) is 22.8 Å². The number of urea groups is 1. The van der Waals surface area contributed by atoms with Crippen molar-refractivity contribution in [3.05, 3.63) is 16.1 Å². The van der Waals surface area contributed by atoms with Crippen molar-refractivity contribution < 1.29 is 27.9 Å². The molecule has 0 bridgehead atoms. The summed E-state index contributed by atoms with van der Waals surface area (Å²) in [6, 6.07) is -0.406. The summed E-state index contributed by atoms with van der Waals surface area (Å²) in [4.78, 5) is 27.4. The van der Waals surface area contributed by atoms with Crippen LogP contribution >= 0.6 is 11.3 Å². The van der Waals surface area contributed by atoms with Gasteiger partial charge in [-0.1, -0.05) is 0 Å². The Kier molecular flexibility index (Phi) is 4.89. The molecule has 1 aromatic rings. The topological polar surface area (TPSA) is 82.5 Å². The monoisotopic (exact) mass is 337 g/mol. The van der Waals surface area contributed by atoms with Gasteiger partial charge in [-0.3, -0.25) is 4.79 Å². The van der Waals surface area contributed by atoms with Crippen LogP contribution in [0.5, 0.6) is 0 Å². The van der Waals surface area contributed by atoms with Crippen LogP contribution in [0.1, 0.15) is 17.1 Å². The van der Waals surface area contributed by atoms with E-state index in [1.807, 2.05) is 0 Å². The van der Waals surface area contributed by atoms with E-state index >= 15 is 0 Å². The first kappa shape index (κ1) is 16.5. The third kappa shape index (κ3) is 4.09. The number of nitrogens with one attached hydrogen (secondary N) is 1. The van der Waals surface area contributed by atoms with Crippen molar-refractivity contribution in [3.63, 3.8) is 0 Å². The zero-order valence-corrected chi connectivity index (χ0v) is 12.2. The fourth-order valence-electron chi connectivity index (χ4n) is 2.09. The number of carbonyl (C=O) groups excluding carboxylic acids is 1. The number of carboxylic acid groups (broad SMARTS) is 1. The van der Waals surface area contributed by atoms with Crippen molar-refractivity contribution in [1.82, 2.24) is 15.2 Å². The molecule has 0 spiro atoms. The number of aromatic nitrogens is 1. The summed E-state index contributed by atoms with van der Waals surface area (Å²) in [6.45, 7) is 0.660. The number of hydrogen-bond donors (Lipinski definition) is 2. The van der Waals surface area contributed by atoms with E-state index < -0.39 is 29.8 Å². The Morgan fingerprint density at radius 2 is 2.23 bits per heavy atom. The smallest absolute Gasteiger partial charge is 0.434 e.